The maximum absolute atomic E-state index is 12.1. The molecule has 5 nitrogen and oxygen atoms in total. The second-order valence-electron chi connectivity index (χ2n) is 5.64. The molecule has 0 unspecified atom stereocenters. The molecule has 0 radical (unpaired) electrons. The molecule has 1 aliphatic rings. The largest absolute Gasteiger partial charge is 0.354 e. The van der Waals surface area contributed by atoms with Crippen molar-refractivity contribution < 1.29 is 9.59 Å². The minimum Gasteiger partial charge on any atom is -0.354 e. The lowest BCUT2D eigenvalue weighted by Crippen LogP contribution is -2.34. The Morgan fingerprint density at radius 3 is 2.86 bits per heavy atom. The first kappa shape index (κ1) is 15.5. The normalized spacial score (nSPS) is 13.7. The van der Waals surface area contributed by atoms with Crippen molar-refractivity contribution in [1.29, 1.82) is 0 Å². The van der Waals surface area contributed by atoms with E-state index in [0.717, 1.165) is 19.5 Å². The molecule has 5 heteroatoms. The Morgan fingerprint density at radius 1 is 1.29 bits per heavy atom. The Hall–Kier alpha value is -1.88. The first-order valence-electron chi connectivity index (χ1n) is 7.46. The third kappa shape index (κ3) is 4.56. The minimum absolute atomic E-state index is 0.0417. The Balaban J connectivity index is 1.85. The van der Waals surface area contributed by atoms with Crippen molar-refractivity contribution in [3.05, 3.63) is 34.9 Å². The van der Waals surface area contributed by atoms with E-state index in [4.69, 9.17) is 0 Å². The average Bonchev–Trinajstić information content (AvgIpc) is 2.45. The maximum atomic E-state index is 12.1. The molecule has 1 heterocycles. The van der Waals surface area contributed by atoms with Crippen LogP contribution in [-0.4, -0.2) is 30.9 Å². The van der Waals surface area contributed by atoms with Crippen molar-refractivity contribution in [3.8, 4) is 0 Å². The first-order valence-corrected chi connectivity index (χ1v) is 7.46. The van der Waals surface area contributed by atoms with E-state index in [-0.39, 0.29) is 17.9 Å². The summed E-state index contributed by atoms with van der Waals surface area (Å²) in [6.07, 6.45) is 1.31. The fourth-order valence-electron chi connectivity index (χ4n) is 2.41. The van der Waals surface area contributed by atoms with Gasteiger partial charge in [0.25, 0.3) is 5.91 Å². The molecule has 0 saturated carbocycles. The van der Waals surface area contributed by atoms with Crippen molar-refractivity contribution in [3.63, 3.8) is 0 Å². The Bertz CT molecular complexity index is 526. The van der Waals surface area contributed by atoms with Crippen molar-refractivity contribution >= 4 is 11.8 Å². The molecule has 1 aliphatic heterocycles. The van der Waals surface area contributed by atoms with Gasteiger partial charge in [0.15, 0.2) is 0 Å². The highest BCUT2D eigenvalue weighted by molar-refractivity contribution is 5.94. The van der Waals surface area contributed by atoms with Crippen LogP contribution in [0.4, 0.5) is 0 Å². The van der Waals surface area contributed by atoms with E-state index in [0.29, 0.717) is 18.5 Å². The van der Waals surface area contributed by atoms with E-state index in [1.54, 1.807) is 0 Å². The van der Waals surface area contributed by atoms with Gasteiger partial charge in [0.05, 0.1) is 0 Å². The molecule has 0 aromatic heterocycles. The molecule has 2 rings (SSSR count). The van der Waals surface area contributed by atoms with E-state index >= 15 is 0 Å². The third-order valence-corrected chi connectivity index (χ3v) is 3.44. The van der Waals surface area contributed by atoms with Crippen LogP contribution < -0.4 is 16.0 Å². The number of hydrogen-bond acceptors (Lipinski definition) is 3. The van der Waals surface area contributed by atoms with Crippen LogP contribution >= 0.6 is 0 Å². The van der Waals surface area contributed by atoms with Crippen LogP contribution in [0.1, 0.15) is 41.8 Å². The van der Waals surface area contributed by atoms with E-state index in [1.165, 1.54) is 11.1 Å². The summed E-state index contributed by atoms with van der Waals surface area (Å²) in [7, 11) is 0. The van der Waals surface area contributed by atoms with Crippen LogP contribution in [0.2, 0.25) is 0 Å². The van der Waals surface area contributed by atoms with Crippen molar-refractivity contribution in [1.82, 2.24) is 16.0 Å². The zero-order chi connectivity index (χ0) is 15.2. The van der Waals surface area contributed by atoms with Crippen LogP contribution in [0, 0.1) is 0 Å². The summed E-state index contributed by atoms with van der Waals surface area (Å²) >= 11 is 0. The molecule has 0 saturated heterocycles. The number of hydrogen-bond donors (Lipinski definition) is 3. The van der Waals surface area contributed by atoms with Gasteiger partial charge in [-0.15, -0.1) is 0 Å². The van der Waals surface area contributed by atoms with Gasteiger partial charge in [-0.2, -0.15) is 0 Å². The number of benzene rings is 1. The molecule has 3 N–H and O–H groups in total. The predicted octanol–water partition coefficient (Wildman–Crippen LogP) is 0.977. The van der Waals surface area contributed by atoms with Crippen molar-refractivity contribution in [2.45, 2.75) is 39.3 Å². The molecule has 0 atom stereocenters. The van der Waals surface area contributed by atoms with Crippen LogP contribution in [0.15, 0.2) is 18.2 Å². The first-order chi connectivity index (χ1) is 10.1. The smallest absolute Gasteiger partial charge is 0.251 e. The van der Waals surface area contributed by atoms with Crippen molar-refractivity contribution in [2.24, 2.45) is 0 Å². The van der Waals surface area contributed by atoms with Crippen LogP contribution in [-0.2, 0) is 17.8 Å². The lowest BCUT2D eigenvalue weighted by molar-refractivity contribution is -0.121. The van der Waals surface area contributed by atoms with Gasteiger partial charge in [-0.3, -0.25) is 9.59 Å². The molecule has 0 aliphatic carbocycles. The lowest BCUT2D eigenvalue weighted by atomic mass is 9.98. The SMILES string of the molecule is CC(C)NC(=O)CCNC(=O)c1ccc2c(c1)CNCC2. The van der Waals surface area contributed by atoms with Crippen LogP contribution in [0.5, 0.6) is 0 Å². The number of rotatable bonds is 5. The second-order valence-corrected chi connectivity index (χ2v) is 5.64. The fraction of sp³-hybridized carbons (Fsp3) is 0.500. The van der Waals surface area contributed by atoms with Gasteiger partial charge in [0, 0.05) is 31.1 Å². The number of carbonyl (C=O) groups is 2. The van der Waals surface area contributed by atoms with Gasteiger partial charge in [-0.1, -0.05) is 6.07 Å². The van der Waals surface area contributed by atoms with Gasteiger partial charge < -0.3 is 16.0 Å². The summed E-state index contributed by atoms with van der Waals surface area (Å²) in [5.74, 6) is -0.166. The van der Waals surface area contributed by atoms with E-state index in [9.17, 15) is 9.59 Å². The minimum atomic E-state index is -0.124. The number of fused-ring (bicyclic) bond motifs is 1. The number of amides is 2. The van der Waals surface area contributed by atoms with Crippen LogP contribution in [0.3, 0.4) is 0 Å². The molecule has 2 amide bonds. The number of nitrogens with one attached hydrogen (secondary N) is 3. The summed E-state index contributed by atoms with van der Waals surface area (Å²) in [4.78, 5) is 23.6. The molecule has 1 aromatic rings. The topological polar surface area (TPSA) is 70.2 Å². The summed E-state index contributed by atoms with van der Waals surface area (Å²) in [5, 5.41) is 8.89. The van der Waals surface area contributed by atoms with E-state index in [1.807, 2.05) is 32.0 Å². The van der Waals surface area contributed by atoms with Gasteiger partial charge in [0.1, 0.15) is 0 Å². The predicted molar refractivity (Wildman–Crippen MR) is 82.1 cm³/mol. The second kappa shape index (κ2) is 7.22. The summed E-state index contributed by atoms with van der Waals surface area (Å²) in [6, 6.07) is 5.94. The Labute approximate surface area is 125 Å². The maximum Gasteiger partial charge on any atom is 0.251 e. The average molecular weight is 289 g/mol. The Kier molecular flexibility index (Phi) is 5.33. The monoisotopic (exact) mass is 289 g/mol. The molecule has 0 spiro atoms. The quantitative estimate of drug-likeness (QED) is 0.756. The zero-order valence-corrected chi connectivity index (χ0v) is 12.7. The highest BCUT2D eigenvalue weighted by Crippen LogP contribution is 2.15. The highest BCUT2D eigenvalue weighted by Gasteiger charge is 2.12. The molecular formula is C16H23N3O2. The Morgan fingerprint density at radius 2 is 2.10 bits per heavy atom. The molecular weight excluding hydrogens is 266 g/mol. The highest BCUT2D eigenvalue weighted by atomic mass is 16.2. The van der Waals surface area contributed by atoms with Gasteiger partial charge in [-0.25, -0.2) is 0 Å². The van der Waals surface area contributed by atoms with E-state index < -0.39 is 0 Å². The van der Waals surface area contributed by atoms with Crippen LogP contribution in [0.25, 0.3) is 0 Å². The molecule has 1 aromatic carbocycles. The van der Waals surface area contributed by atoms with Gasteiger partial charge >= 0.3 is 0 Å². The van der Waals surface area contributed by atoms with E-state index in [2.05, 4.69) is 16.0 Å². The molecule has 0 bridgehead atoms. The number of carbonyl (C=O) groups excluding carboxylic acids is 2. The van der Waals surface area contributed by atoms with Crippen molar-refractivity contribution in [2.75, 3.05) is 13.1 Å². The zero-order valence-electron chi connectivity index (χ0n) is 12.7. The molecule has 21 heavy (non-hydrogen) atoms. The lowest BCUT2D eigenvalue weighted by Gasteiger charge is -2.17. The van der Waals surface area contributed by atoms with Gasteiger partial charge in [0.2, 0.25) is 5.91 Å². The third-order valence-electron chi connectivity index (χ3n) is 3.44. The fourth-order valence-corrected chi connectivity index (χ4v) is 2.41. The summed E-state index contributed by atoms with van der Waals surface area (Å²) in [5.41, 5.74) is 3.15. The standard InChI is InChI=1S/C16H23N3O2/c1-11(2)19-15(20)6-8-18-16(21)13-4-3-12-5-7-17-10-14(12)9-13/h3-4,9,11,17H,5-8,10H2,1-2H3,(H,18,21)(H,19,20). The summed E-state index contributed by atoms with van der Waals surface area (Å²) < 4.78 is 0. The summed E-state index contributed by atoms with van der Waals surface area (Å²) in [6.45, 7) is 5.98. The van der Waals surface area contributed by atoms with Gasteiger partial charge in [-0.05, 0) is 50.1 Å². The molecule has 114 valence electrons. The molecule has 0 fully saturated rings.